The van der Waals surface area contributed by atoms with E-state index in [4.69, 9.17) is 16.1 Å². The first-order valence-electron chi connectivity index (χ1n) is 5.48. The Kier molecular flexibility index (Phi) is 3.77. The van der Waals surface area contributed by atoms with Crippen LogP contribution in [0.4, 0.5) is 5.88 Å². The molecule has 0 unspecified atom stereocenters. The lowest BCUT2D eigenvalue weighted by molar-refractivity contribution is 0.423. The quantitative estimate of drug-likeness (QED) is 0.938. The highest BCUT2D eigenvalue weighted by Crippen LogP contribution is 2.21. The Morgan fingerprint density at radius 1 is 1.32 bits per heavy atom. The number of anilines is 1. The molecule has 2 rings (SSSR count). The fourth-order valence-corrected chi connectivity index (χ4v) is 2.54. The molecule has 2 aromatic rings. The Labute approximate surface area is 115 Å². The molecule has 2 aromatic heterocycles. The second-order valence-corrected chi connectivity index (χ2v) is 6.33. The summed E-state index contributed by atoms with van der Waals surface area (Å²) in [4.78, 5) is 3.69. The Bertz CT molecular complexity index is 682. The second kappa shape index (κ2) is 5.18. The van der Waals surface area contributed by atoms with E-state index < -0.39 is 10.0 Å². The Morgan fingerprint density at radius 3 is 2.63 bits per heavy atom. The van der Waals surface area contributed by atoms with Crippen LogP contribution in [0.15, 0.2) is 33.9 Å². The van der Waals surface area contributed by atoms with Crippen LogP contribution in [0.3, 0.4) is 0 Å². The highest BCUT2D eigenvalue weighted by Gasteiger charge is 2.18. The summed E-state index contributed by atoms with van der Waals surface area (Å²) >= 11 is 5.71. The first kappa shape index (κ1) is 13.8. The Morgan fingerprint density at radius 2 is 2.05 bits per heavy atom. The number of nitrogens with one attached hydrogen (secondary N) is 1. The van der Waals surface area contributed by atoms with Crippen molar-refractivity contribution < 1.29 is 12.9 Å². The third-order valence-electron chi connectivity index (χ3n) is 2.34. The van der Waals surface area contributed by atoms with Crippen molar-refractivity contribution in [1.82, 2.24) is 10.1 Å². The largest absolute Gasteiger partial charge is 0.338 e. The van der Waals surface area contributed by atoms with Crippen LogP contribution in [-0.4, -0.2) is 18.6 Å². The number of hydrogen-bond donors (Lipinski definition) is 1. The van der Waals surface area contributed by atoms with Gasteiger partial charge in [-0.25, -0.2) is 13.1 Å². The molecule has 0 fully saturated rings. The van der Waals surface area contributed by atoms with Gasteiger partial charge < -0.3 is 4.52 Å². The molecule has 0 aromatic carbocycles. The molecular weight excluding hydrogens is 290 g/mol. The maximum atomic E-state index is 12.0. The highest BCUT2D eigenvalue weighted by atomic mass is 35.5. The summed E-state index contributed by atoms with van der Waals surface area (Å²) < 4.78 is 31.3. The van der Waals surface area contributed by atoms with E-state index in [1.54, 1.807) is 6.07 Å². The van der Waals surface area contributed by atoms with Crippen LogP contribution in [0, 0.1) is 0 Å². The molecule has 19 heavy (non-hydrogen) atoms. The van der Waals surface area contributed by atoms with E-state index in [1.807, 2.05) is 13.8 Å². The molecule has 0 aliphatic carbocycles. The van der Waals surface area contributed by atoms with Gasteiger partial charge in [-0.3, -0.25) is 4.98 Å². The zero-order valence-electron chi connectivity index (χ0n) is 10.3. The maximum absolute atomic E-state index is 12.0. The van der Waals surface area contributed by atoms with E-state index in [-0.39, 0.29) is 21.7 Å². The van der Waals surface area contributed by atoms with E-state index >= 15 is 0 Å². The normalized spacial score (nSPS) is 11.8. The van der Waals surface area contributed by atoms with Crippen molar-refractivity contribution in [3.8, 4) is 0 Å². The van der Waals surface area contributed by atoms with Crippen molar-refractivity contribution >= 4 is 27.5 Å². The lowest BCUT2D eigenvalue weighted by Crippen LogP contribution is -2.12. The van der Waals surface area contributed by atoms with Gasteiger partial charge in [0.05, 0.1) is 10.7 Å². The van der Waals surface area contributed by atoms with Crippen LogP contribution in [-0.2, 0) is 10.0 Å². The van der Waals surface area contributed by atoms with Crippen LogP contribution in [0.1, 0.15) is 25.5 Å². The van der Waals surface area contributed by atoms with Gasteiger partial charge in [-0.2, -0.15) is 0 Å². The molecule has 0 aliphatic heterocycles. The number of hydrogen-bond acceptors (Lipinski definition) is 5. The fourth-order valence-electron chi connectivity index (χ4n) is 1.34. The zero-order valence-corrected chi connectivity index (χ0v) is 11.9. The van der Waals surface area contributed by atoms with E-state index in [0.717, 1.165) is 0 Å². The van der Waals surface area contributed by atoms with Gasteiger partial charge in [0.15, 0.2) is 0 Å². The van der Waals surface area contributed by atoms with Crippen LogP contribution in [0.2, 0.25) is 5.02 Å². The van der Waals surface area contributed by atoms with Crippen molar-refractivity contribution in [3.63, 3.8) is 0 Å². The van der Waals surface area contributed by atoms with E-state index in [0.29, 0.717) is 5.69 Å². The molecule has 0 aliphatic rings. The predicted molar refractivity (Wildman–Crippen MR) is 70.6 cm³/mol. The Balaban J connectivity index is 2.26. The molecule has 0 amide bonds. The lowest BCUT2D eigenvalue weighted by Gasteiger charge is -2.04. The number of aromatic nitrogens is 2. The molecule has 2 heterocycles. The van der Waals surface area contributed by atoms with Gasteiger partial charge in [-0.15, -0.1) is 0 Å². The average molecular weight is 302 g/mol. The molecule has 1 N–H and O–H groups in total. The van der Waals surface area contributed by atoms with Crippen LogP contribution >= 0.6 is 11.6 Å². The number of halogens is 1. The average Bonchev–Trinajstić information content (AvgIpc) is 2.77. The number of sulfonamides is 1. The van der Waals surface area contributed by atoms with Gasteiger partial charge in [0.2, 0.25) is 5.88 Å². The second-order valence-electron chi connectivity index (χ2n) is 4.22. The Hall–Kier alpha value is -1.60. The number of pyridine rings is 1. The van der Waals surface area contributed by atoms with Gasteiger partial charge >= 0.3 is 0 Å². The van der Waals surface area contributed by atoms with Crippen LogP contribution < -0.4 is 4.72 Å². The summed E-state index contributed by atoms with van der Waals surface area (Å²) in [6.07, 6.45) is 2.56. The minimum Gasteiger partial charge on any atom is -0.338 e. The molecule has 0 saturated carbocycles. The topological polar surface area (TPSA) is 85.1 Å². The SMILES string of the molecule is CC(C)c1cc(NS(=O)(=O)c2cncc(Cl)c2)on1. The third-order valence-corrected chi connectivity index (χ3v) is 3.87. The predicted octanol–water partition coefficient (Wildman–Crippen LogP) is 2.65. The smallest absolute Gasteiger partial charge is 0.265 e. The van der Waals surface area contributed by atoms with Gasteiger partial charge in [0, 0.05) is 18.5 Å². The van der Waals surface area contributed by atoms with Gasteiger partial charge in [-0.05, 0) is 12.0 Å². The van der Waals surface area contributed by atoms with E-state index in [9.17, 15) is 8.42 Å². The highest BCUT2D eigenvalue weighted by molar-refractivity contribution is 7.92. The number of rotatable bonds is 4. The minimum absolute atomic E-state index is 0.0394. The van der Waals surface area contributed by atoms with E-state index in [2.05, 4.69) is 14.9 Å². The summed E-state index contributed by atoms with van der Waals surface area (Å²) in [5.41, 5.74) is 0.668. The summed E-state index contributed by atoms with van der Waals surface area (Å²) in [6.45, 7) is 3.86. The van der Waals surface area contributed by atoms with Crippen molar-refractivity contribution in [2.45, 2.75) is 24.7 Å². The molecule has 0 radical (unpaired) electrons. The summed E-state index contributed by atoms with van der Waals surface area (Å²) in [5.74, 6) is 0.207. The maximum Gasteiger partial charge on any atom is 0.265 e. The van der Waals surface area contributed by atoms with E-state index in [1.165, 1.54) is 18.5 Å². The summed E-state index contributed by atoms with van der Waals surface area (Å²) in [6, 6.07) is 2.84. The number of nitrogens with zero attached hydrogens (tertiary/aromatic N) is 2. The van der Waals surface area contributed by atoms with Gasteiger partial charge in [0.1, 0.15) is 4.90 Å². The monoisotopic (exact) mass is 301 g/mol. The molecule has 0 spiro atoms. The van der Waals surface area contributed by atoms with Crippen molar-refractivity contribution in [2.24, 2.45) is 0 Å². The summed E-state index contributed by atoms with van der Waals surface area (Å²) in [5, 5.41) is 4.01. The molecule has 0 atom stereocenters. The van der Waals surface area contributed by atoms with Gasteiger partial charge in [-0.1, -0.05) is 30.6 Å². The molecule has 8 heteroatoms. The molecule has 0 saturated heterocycles. The fraction of sp³-hybridized carbons (Fsp3) is 0.273. The van der Waals surface area contributed by atoms with Crippen LogP contribution in [0.5, 0.6) is 0 Å². The molecule has 0 bridgehead atoms. The minimum atomic E-state index is -3.78. The zero-order chi connectivity index (χ0) is 14.0. The third kappa shape index (κ3) is 3.24. The standard InChI is InChI=1S/C11H12ClN3O3S/c1-7(2)10-4-11(18-14-10)15-19(16,17)9-3-8(12)5-13-6-9/h3-7,15H,1-2H3. The molecule has 102 valence electrons. The van der Waals surface area contributed by atoms with Crippen LogP contribution in [0.25, 0.3) is 0 Å². The molecule has 6 nitrogen and oxygen atoms in total. The van der Waals surface area contributed by atoms with Crippen molar-refractivity contribution in [3.05, 3.63) is 35.2 Å². The lowest BCUT2D eigenvalue weighted by atomic mass is 10.1. The summed E-state index contributed by atoms with van der Waals surface area (Å²) in [7, 11) is -3.78. The molecular formula is C11H12ClN3O3S. The van der Waals surface area contributed by atoms with Gasteiger partial charge in [0.25, 0.3) is 10.0 Å². The van der Waals surface area contributed by atoms with Crippen molar-refractivity contribution in [1.29, 1.82) is 0 Å². The first-order valence-corrected chi connectivity index (χ1v) is 7.34. The first-order chi connectivity index (χ1) is 8.88. The van der Waals surface area contributed by atoms with Crippen molar-refractivity contribution in [2.75, 3.05) is 4.72 Å².